The first kappa shape index (κ1) is 14.2. The Labute approximate surface area is 110 Å². The van der Waals surface area contributed by atoms with Crippen LogP contribution >= 0.6 is 27.3 Å². The minimum absolute atomic E-state index is 0.0203. The molecule has 0 aliphatic rings. The van der Waals surface area contributed by atoms with Crippen molar-refractivity contribution in [3.05, 3.63) is 14.7 Å². The van der Waals surface area contributed by atoms with Gasteiger partial charge in [0.05, 0.1) is 8.68 Å². The van der Waals surface area contributed by atoms with Crippen LogP contribution in [-0.2, 0) is 10.0 Å². The lowest BCUT2D eigenvalue weighted by molar-refractivity contribution is 0.369. The summed E-state index contributed by atoms with van der Waals surface area (Å²) in [5.74, 6) is 0. The lowest BCUT2D eigenvalue weighted by Gasteiger charge is -2.24. The van der Waals surface area contributed by atoms with Crippen molar-refractivity contribution in [1.82, 2.24) is 4.31 Å². The van der Waals surface area contributed by atoms with Gasteiger partial charge < -0.3 is 0 Å². The van der Waals surface area contributed by atoms with Crippen molar-refractivity contribution in [3.8, 4) is 0 Å². The van der Waals surface area contributed by atoms with Crippen LogP contribution in [0.4, 0.5) is 0 Å². The molecule has 92 valence electrons. The molecule has 0 atom stereocenters. The van der Waals surface area contributed by atoms with Crippen LogP contribution in [0.1, 0.15) is 25.6 Å². The van der Waals surface area contributed by atoms with Gasteiger partial charge in [-0.1, -0.05) is 6.92 Å². The zero-order chi connectivity index (χ0) is 12.5. The Balaban J connectivity index is 3.25. The number of rotatable bonds is 4. The van der Waals surface area contributed by atoms with Gasteiger partial charge in [-0.2, -0.15) is 4.31 Å². The molecule has 0 radical (unpaired) electrons. The third-order valence-corrected chi connectivity index (χ3v) is 6.28. The third kappa shape index (κ3) is 2.67. The van der Waals surface area contributed by atoms with E-state index in [1.54, 1.807) is 6.07 Å². The van der Waals surface area contributed by atoms with E-state index in [1.165, 1.54) is 15.6 Å². The number of halogens is 1. The Morgan fingerprint density at radius 1 is 1.50 bits per heavy atom. The molecule has 1 aromatic heterocycles. The van der Waals surface area contributed by atoms with Gasteiger partial charge in [0.25, 0.3) is 0 Å². The summed E-state index contributed by atoms with van der Waals surface area (Å²) in [5.41, 5.74) is 0. The van der Waals surface area contributed by atoms with Gasteiger partial charge in [-0.3, -0.25) is 0 Å². The highest BCUT2D eigenvalue weighted by Gasteiger charge is 2.28. The summed E-state index contributed by atoms with van der Waals surface area (Å²) in [6, 6.07) is 1.66. The topological polar surface area (TPSA) is 37.4 Å². The Morgan fingerprint density at radius 3 is 2.38 bits per heavy atom. The molecule has 0 saturated heterocycles. The van der Waals surface area contributed by atoms with E-state index >= 15 is 0 Å². The first-order valence-corrected chi connectivity index (χ1v) is 8.13. The lowest BCUT2D eigenvalue weighted by Crippen LogP contribution is -2.36. The molecule has 0 saturated carbocycles. The van der Waals surface area contributed by atoms with Gasteiger partial charge in [0.15, 0.2) is 0 Å². The number of nitrogens with zero attached hydrogens (tertiary/aromatic N) is 1. The van der Waals surface area contributed by atoms with Crippen molar-refractivity contribution in [2.24, 2.45) is 0 Å². The molecule has 0 aromatic carbocycles. The van der Waals surface area contributed by atoms with Gasteiger partial charge in [0, 0.05) is 17.5 Å². The van der Waals surface area contributed by atoms with Gasteiger partial charge in [0.2, 0.25) is 10.0 Å². The summed E-state index contributed by atoms with van der Waals surface area (Å²) < 4.78 is 27.1. The molecule has 0 bridgehead atoms. The zero-order valence-electron chi connectivity index (χ0n) is 9.82. The van der Waals surface area contributed by atoms with Crippen molar-refractivity contribution in [3.63, 3.8) is 0 Å². The Kier molecular flexibility index (Phi) is 4.57. The van der Waals surface area contributed by atoms with Crippen LogP contribution in [0.5, 0.6) is 0 Å². The summed E-state index contributed by atoms with van der Waals surface area (Å²) in [7, 11) is -3.35. The maximum atomic E-state index is 12.4. The van der Waals surface area contributed by atoms with Crippen molar-refractivity contribution in [2.75, 3.05) is 6.54 Å². The predicted molar refractivity (Wildman–Crippen MR) is 71.5 cm³/mol. The molecular weight excluding hydrogens is 310 g/mol. The van der Waals surface area contributed by atoms with E-state index in [2.05, 4.69) is 15.9 Å². The fourth-order valence-electron chi connectivity index (χ4n) is 1.63. The molecule has 1 aromatic rings. The van der Waals surface area contributed by atoms with Gasteiger partial charge in [-0.15, -0.1) is 11.3 Å². The molecular formula is C10H16BrNO2S2. The summed E-state index contributed by atoms with van der Waals surface area (Å²) in [5, 5.41) is 0. The summed E-state index contributed by atoms with van der Waals surface area (Å²) in [6.07, 6.45) is 0. The highest BCUT2D eigenvalue weighted by atomic mass is 79.9. The van der Waals surface area contributed by atoms with E-state index in [0.29, 0.717) is 11.4 Å². The van der Waals surface area contributed by atoms with Crippen molar-refractivity contribution >= 4 is 37.3 Å². The van der Waals surface area contributed by atoms with Gasteiger partial charge in [0.1, 0.15) is 0 Å². The zero-order valence-corrected chi connectivity index (χ0v) is 13.0. The van der Waals surface area contributed by atoms with Gasteiger partial charge in [-0.05, 0) is 42.8 Å². The van der Waals surface area contributed by atoms with Crippen LogP contribution in [0.3, 0.4) is 0 Å². The molecule has 1 rings (SSSR count). The average Bonchev–Trinajstić information content (AvgIpc) is 2.45. The molecule has 0 aliphatic carbocycles. The van der Waals surface area contributed by atoms with Crippen LogP contribution in [0, 0.1) is 6.92 Å². The van der Waals surface area contributed by atoms with E-state index in [4.69, 9.17) is 0 Å². The minimum atomic E-state index is -3.35. The summed E-state index contributed by atoms with van der Waals surface area (Å²) >= 11 is 4.77. The van der Waals surface area contributed by atoms with E-state index in [1.807, 2.05) is 27.7 Å². The second-order valence-corrected chi connectivity index (χ2v) is 8.27. The molecule has 6 heteroatoms. The summed E-state index contributed by atoms with van der Waals surface area (Å²) in [6.45, 7) is 7.95. The number of hydrogen-bond acceptors (Lipinski definition) is 3. The van der Waals surface area contributed by atoms with Gasteiger partial charge in [-0.25, -0.2) is 8.42 Å². The molecule has 0 fully saturated rings. The fraction of sp³-hybridized carbons (Fsp3) is 0.600. The average molecular weight is 326 g/mol. The molecule has 1 heterocycles. The number of aryl methyl sites for hydroxylation is 1. The molecule has 0 spiro atoms. The second kappa shape index (κ2) is 5.16. The molecule has 0 amide bonds. The fourth-order valence-corrected chi connectivity index (χ4v) is 5.66. The Bertz CT molecular complexity index is 465. The second-order valence-electron chi connectivity index (χ2n) is 3.77. The quantitative estimate of drug-likeness (QED) is 0.852. The third-order valence-electron chi connectivity index (χ3n) is 2.32. The number of hydrogen-bond donors (Lipinski definition) is 0. The molecule has 16 heavy (non-hydrogen) atoms. The van der Waals surface area contributed by atoms with E-state index in [0.717, 1.165) is 8.66 Å². The van der Waals surface area contributed by atoms with Crippen LogP contribution < -0.4 is 0 Å². The maximum absolute atomic E-state index is 12.4. The normalized spacial score (nSPS) is 12.7. The molecule has 0 aliphatic heterocycles. The van der Waals surface area contributed by atoms with Crippen LogP contribution in [-0.4, -0.2) is 25.3 Å². The van der Waals surface area contributed by atoms with E-state index < -0.39 is 10.0 Å². The standard InChI is InChI=1S/C10H16BrNO2S2/c1-5-12(7(2)3)16(13,14)9-6-10(11)15-8(9)4/h6-7H,5H2,1-4H3. The smallest absolute Gasteiger partial charge is 0.207 e. The summed E-state index contributed by atoms with van der Waals surface area (Å²) in [4.78, 5) is 1.24. The van der Waals surface area contributed by atoms with Gasteiger partial charge >= 0.3 is 0 Å². The highest BCUT2D eigenvalue weighted by Crippen LogP contribution is 2.31. The lowest BCUT2D eigenvalue weighted by atomic mass is 10.4. The number of thiophene rings is 1. The molecule has 0 N–H and O–H groups in total. The van der Waals surface area contributed by atoms with Crippen molar-refractivity contribution in [2.45, 2.75) is 38.6 Å². The van der Waals surface area contributed by atoms with E-state index in [-0.39, 0.29) is 6.04 Å². The monoisotopic (exact) mass is 325 g/mol. The largest absolute Gasteiger partial charge is 0.244 e. The Morgan fingerprint density at radius 2 is 2.06 bits per heavy atom. The molecule has 0 unspecified atom stereocenters. The SMILES string of the molecule is CCN(C(C)C)S(=O)(=O)c1cc(Br)sc1C. The first-order valence-electron chi connectivity index (χ1n) is 5.08. The van der Waals surface area contributed by atoms with E-state index in [9.17, 15) is 8.42 Å². The predicted octanol–water partition coefficient (Wildman–Crippen LogP) is 3.24. The van der Waals surface area contributed by atoms with Crippen molar-refractivity contribution < 1.29 is 8.42 Å². The highest BCUT2D eigenvalue weighted by molar-refractivity contribution is 9.11. The molecule has 3 nitrogen and oxygen atoms in total. The maximum Gasteiger partial charge on any atom is 0.244 e. The number of sulfonamides is 1. The minimum Gasteiger partial charge on any atom is -0.207 e. The van der Waals surface area contributed by atoms with Crippen LogP contribution in [0.15, 0.2) is 14.7 Å². The van der Waals surface area contributed by atoms with Crippen molar-refractivity contribution in [1.29, 1.82) is 0 Å². The first-order chi connectivity index (χ1) is 7.30. The Hall–Kier alpha value is 0.0900. The van der Waals surface area contributed by atoms with Crippen LogP contribution in [0.25, 0.3) is 0 Å². The van der Waals surface area contributed by atoms with Crippen LogP contribution in [0.2, 0.25) is 0 Å².